The van der Waals surface area contributed by atoms with Crippen LogP contribution in [0.3, 0.4) is 0 Å². The van der Waals surface area contributed by atoms with Crippen molar-refractivity contribution < 1.29 is 30.6 Å². The number of carbonyl (C=O) groups excluding carboxylic acids is 1. The van der Waals surface area contributed by atoms with E-state index in [-0.39, 0.29) is 28.8 Å². The highest BCUT2D eigenvalue weighted by Crippen LogP contribution is 2.78. The normalized spacial score (nSPS) is 42.1. The van der Waals surface area contributed by atoms with Crippen LogP contribution < -0.4 is 0 Å². The highest BCUT2D eigenvalue weighted by Gasteiger charge is 2.75. The van der Waals surface area contributed by atoms with E-state index in [4.69, 9.17) is 0 Å². The molecule has 4 rings (SSSR count). The molecule has 0 amide bonds. The third-order valence-corrected chi connectivity index (χ3v) is 6.11. The highest BCUT2D eigenvalue weighted by molar-refractivity contribution is 7.87. The Morgan fingerprint density at radius 2 is 2.05 bits per heavy atom. The van der Waals surface area contributed by atoms with Gasteiger partial charge in [0, 0.05) is 0 Å². The molecule has 2 fully saturated rings. The molecule has 1 unspecified atom stereocenters. The Morgan fingerprint density at radius 3 is 2.45 bits per heavy atom. The van der Waals surface area contributed by atoms with Gasteiger partial charge in [0.05, 0.1) is 5.41 Å². The first-order valence-electron chi connectivity index (χ1n) is 6.18. The molecule has 8 heteroatoms. The second-order valence-electron chi connectivity index (χ2n) is 6.17. The summed E-state index contributed by atoms with van der Waals surface area (Å²) in [6.07, 6.45) is 2.15. The number of halogens is 3. The molecular formula is C12H13F3O4S. The molecule has 0 aromatic rings. The van der Waals surface area contributed by atoms with Crippen LogP contribution in [0.25, 0.3) is 0 Å². The molecule has 0 aromatic carbocycles. The van der Waals surface area contributed by atoms with Gasteiger partial charge in [0.1, 0.15) is 11.5 Å². The molecule has 4 nitrogen and oxygen atoms in total. The minimum Gasteiger partial charge on any atom is -0.380 e. The number of ketones is 1. The lowest BCUT2D eigenvalue weighted by Gasteiger charge is -2.36. The van der Waals surface area contributed by atoms with E-state index in [1.165, 1.54) is 13.0 Å². The Kier molecular flexibility index (Phi) is 2.36. The summed E-state index contributed by atoms with van der Waals surface area (Å²) in [6.45, 7) is 3.24. The van der Waals surface area contributed by atoms with E-state index in [1.807, 2.05) is 6.92 Å². The lowest BCUT2D eigenvalue weighted by atomic mass is 9.70. The van der Waals surface area contributed by atoms with Crippen LogP contribution in [0.1, 0.15) is 26.7 Å². The van der Waals surface area contributed by atoms with Crippen molar-refractivity contribution in [3.8, 4) is 0 Å². The van der Waals surface area contributed by atoms with E-state index in [0.717, 1.165) is 0 Å². The molecule has 4 aliphatic carbocycles. The van der Waals surface area contributed by atoms with Crippen LogP contribution in [0.4, 0.5) is 13.2 Å². The average Bonchev–Trinajstić information content (AvgIpc) is 2.70. The Morgan fingerprint density at radius 1 is 1.45 bits per heavy atom. The van der Waals surface area contributed by atoms with Gasteiger partial charge in [-0.05, 0) is 43.1 Å². The van der Waals surface area contributed by atoms with Gasteiger partial charge in [-0.1, -0.05) is 6.92 Å². The fourth-order valence-electron chi connectivity index (χ4n) is 3.94. The molecule has 0 spiro atoms. The molecule has 2 saturated carbocycles. The van der Waals surface area contributed by atoms with Gasteiger partial charge in [0.15, 0.2) is 0 Å². The molecule has 0 N–H and O–H groups in total. The number of Topliss-reactive ketones (excluding diaryl/α,β-unsaturated/α-hetero) is 1. The number of alkyl halides is 3. The van der Waals surface area contributed by atoms with Gasteiger partial charge >= 0.3 is 15.6 Å². The zero-order valence-corrected chi connectivity index (χ0v) is 11.6. The predicted octanol–water partition coefficient (Wildman–Crippen LogP) is 2.37. The van der Waals surface area contributed by atoms with Gasteiger partial charge < -0.3 is 4.18 Å². The summed E-state index contributed by atoms with van der Waals surface area (Å²) >= 11 is 0. The van der Waals surface area contributed by atoms with Crippen LogP contribution in [-0.2, 0) is 19.1 Å². The van der Waals surface area contributed by atoms with E-state index in [9.17, 15) is 26.4 Å². The second-order valence-corrected chi connectivity index (χ2v) is 7.71. The van der Waals surface area contributed by atoms with Crippen molar-refractivity contribution in [2.24, 2.45) is 22.7 Å². The molecule has 112 valence electrons. The monoisotopic (exact) mass is 310 g/mol. The zero-order chi connectivity index (χ0) is 15.1. The summed E-state index contributed by atoms with van der Waals surface area (Å²) in [6, 6.07) is 0. The molecule has 4 aliphatic rings. The lowest BCUT2D eigenvalue weighted by molar-refractivity contribution is -0.127. The maximum Gasteiger partial charge on any atom is 0.534 e. The summed E-state index contributed by atoms with van der Waals surface area (Å²) in [5.41, 5.74) is -6.79. The topological polar surface area (TPSA) is 60.4 Å². The quantitative estimate of drug-likeness (QED) is 0.593. The van der Waals surface area contributed by atoms with E-state index < -0.39 is 21.0 Å². The standard InChI is InChI=1S/C12H13F3O4S/c1-6(16)11-4-8-7(10(8,2)5-11)3-9(11)19-20(17,18)12(13,14)15/h3,7-8H,4-5H2,1-2H3/t7-,8?,10-,11+/m1/s1. The lowest BCUT2D eigenvalue weighted by Crippen LogP contribution is -2.38. The van der Waals surface area contributed by atoms with Crippen LogP contribution in [0.15, 0.2) is 11.8 Å². The van der Waals surface area contributed by atoms with Gasteiger partial charge in [-0.2, -0.15) is 21.6 Å². The number of carbonyl (C=O) groups is 1. The fraction of sp³-hybridized carbons (Fsp3) is 0.750. The van der Waals surface area contributed by atoms with E-state index in [0.29, 0.717) is 12.8 Å². The van der Waals surface area contributed by atoms with Crippen LogP contribution >= 0.6 is 0 Å². The molecule has 0 aromatic heterocycles. The first-order valence-corrected chi connectivity index (χ1v) is 7.59. The number of hydrogen-bond acceptors (Lipinski definition) is 4. The maximum absolute atomic E-state index is 12.4. The third kappa shape index (κ3) is 1.48. The average molecular weight is 310 g/mol. The van der Waals surface area contributed by atoms with Crippen LogP contribution in [0.2, 0.25) is 0 Å². The first-order chi connectivity index (χ1) is 8.94. The molecule has 4 atom stereocenters. The molecule has 4 bridgehead atoms. The fourth-order valence-corrected chi connectivity index (χ4v) is 4.48. The van der Waals surface area contributed by atoms with Gasteiger partial charge in [0.2, 0.25) is 0 Å². The minimum atomic E-state index is -5.72. The Hall–Kier alpha value is -1.05. The predicted molar refractivity (Wildman–Crippen MR) is 61.6 cm³/mol. The molecule has 0 saturated heterocycles. The Bertz CT molecular complexity index is 636. The first kappa shape index (κ1) is 13.9. The SMILES string of the molecule is CC(=O)[C@@]12CC3[C@@H](C=C1OS(=O)(=O)C(F)(F)F)[C@@]3(C)C2. The minimum absolute atomic E-state index is 0.0159. The molecule has 0 radical (unpaired) electrons. The van der Waals surface area contributed by atoms with Crippen molar-refractivity contribution in [1.29, 1.82) is 0 Å². The summed E-state index contributed by atoms with van der Waals surface area (Å²) in [7, 11) is -5.72. The molecule has 20 heavy (non-hydrogen) atoms. The number of hydrogen-bond donors (Lipinski definition) is 0. The van der Waals surface area contributed by atoms with Crippen molar-refractivity contribution in [2.75, 3.05) is 0 Å². The smallest absolute Gasteiger partial charge is 0.380 e. The highest BCUT2D eigenvalue weighted by atomic mass is 32.2. The van der Waals surface area contributed by atoms with Crippen molar-refractivity contribution in [3.63, 3.8) is 0 Å². The zero-order valence-electron chi connectivity index (χ0n) is 10.8. The molecule has 0 heterocycles. The summed E-state index contributed by atoms with van der Waals surface area (Å²) in [5.74, 6) is -0.416. The van der Waals surface area contributed by atoms with Gasteiger partial charge in [0.25, 0.3) is 0 Å². The van der Waals surface area contributed by atoms with Crippen LogP contribution in [-0.4, -0.2) is 19.7 Å². The molecular weight excluding hydrogens is 297 g/mol. The summed E-state index contributed by atoms with van der Waals surface area (Å²) < 4.78 is 63.8. The van der Waals surface area contributed by atoms with Crippen molar-refractivity contribution in [1.82, 2.24) is 0 Å². The maximum atomic E-state index is 12.4. The second kappa shape index (κ2) is 3.40. The number of rotatable bonds is 3. The Labute approximate surface area is 114 Å². The van der Waals surface area contributed by atoms with E-state index >= 15 is 0 Å². The van der Waals surface area contributed by atoms with Crippen molar-refractivity contribution in [2.45, 2.75) is 32.2 Å². The van der Waals surface area contributed by atoms with Crippen molar-refractivity contribution >= 4 is 15.9 Å². The van der Waals surface area contributed by atoms with Gasteiger partial charge in [-0.25, -0.2) is 0 Å². The van der Waals surface area contributed by atoms with Crippen LogP contribution in [0.5, 0.6) is 0 Å². The van der Waals surface area contributed by atoms with Gasteiger partial charge in [-0.3, -0.25) is 4.79 Å². The summed E-state index contributed by atoms with van der Waals surface area (Å²) in [5, 5.41) is 0. The van der Waals surface area contributed by atoms with Crippen LogP contribution in [0, 0.1) is 22.7 Å². The Balaban J connectivity index is 1.99. The molecule has 0 aliphatic heterocycles. The van der Waals surface area contributed by atoms with E-state index in [2.05, 4.69) is 4.18 Å². The number of allylic oxidation sites excluding steroid dienone is 2. The summed E-state index contributed by atoms with van der Waals surface area (Å²) in [4.78, 5) is 11.9. The van der Waals surface area contributed by atoms with E-state index in [1.54, 1.807) is 0 Å². The third-order valence-electron chi connectivity index (χ3n) is 5.14. The largest absolute Gasteiger partial charge is 0.534 e. The van der Waals surface area contributed by atoms with Crippen molar-refractivity contribution in [3.05, 3.63) is 11.8 Å². The van der Waals surface area contributed by atoms with Gasteiger partial charge in [-0.15, -0.1) is 0 Å².